The Hall–Kier alpha value is -2.14. The molecule has 1 aromatic carbocycles. The molecular formula is C16H20N4O. The van der Waals surface area contributed by atoms with E-state index in [0.717, 1.165) is 37.2 Å². The Morgan fingerprint density at radius 2 is 2.00 bits per heavy atom. The highest BCUT2D eigenvalue weighted by Crippen LogP contribution is 2.17. The van der Waals surface area contributed by atoms with Gasteiger partial charge in [0.15, 0.2) is 0 Å². The Morgan fingerprint density at radius 1 is 1.29 bits per heavy atom. The van der Waals surface area contributed by atoms with Crippen molar-refractivity contribution in [2.45, 2.75) is 32.9 Å². The van der Waals surface area contributed by atoms with Gasteiger partial charge in [0.1, 0.15) is 0 Å². The lowest BCUT2D eigenvalue weighted by Crippen LogP contribution is -2.35. The van der Waals surface area contributed by atoms with E-state index in [-0.39, 0.29) is 11.5 Å². The number of nitrogens with zero attached hydrogens (tertiary/aromatic N) is 2. The topological polar surface area (TPSA) is 75.0 Å². The highest BCUT2D eigenvalue weighted by molar-refractivity contribution is 5.28. The van der Waals surface area contributed by atoms with Crippen molar-refractivity contribution in [3.63, 3.8) is 0 Å². The van der Waals surface area contributed by atoms with Crippen LogP contribution in [-0.4, -0.2) is 21.4 Å². The molecule has 0 aliphatic carbocycles. The quantitative estimate of drug-likeness (QED) is 0.895. The molecule has 0 radical (unpaired) electrons. The molecule has 5 nitrogen and oxygen atoms in total. The number of hydrogen-bond acceptors (Lipinski definition) is 4. The number of aromatic amines is 1. The molecule has 21 heavy (non-hydrogen) atoms. The fourth-order valence-electron chi connectivity index (χ4n) is 2.77. The van der Waals surface area contributed by atoms with E-state index < -0.39 is 0 Å². The Kier molecular flexibility index (Phi) is 3.75. The van der Waals surface area contributed by atoms with Crippen molar-refractivity contribution in [3.05, 3.63) is 57.0 Å². The van der Waals surface area contributed by atoms with Crippen LogP contribution in [0.2, 0.25) is 0 Å². The lowest BCUT2D eigenvalue weighted by atomic mass is 10.1. The molecule has 0 saturated heterocycles. The summed E-state index contributed by atoms with van der Waals surface area (Å²) in [6.45, 7) is 4.54. The van der Waals surface area contributed by atoms with Crippen molar-refractivity contribution in [2.24, 2.45) is 0 Å². The number of H-pyrrole nitrogens is 1. The van der Waals surface area contributed by atoms with Crippen LogP contribution >= 0.6 is 0 Å². The number of nitrogens with one attached hydrogen (secondary N) is 1. The van der Waals surface area contributed by atoms with Gasteiger partial charge < -0.3 is 5.73 Å². The van der Waals surface area contributed by atoms with Crippen LogP contribution in [-0.2, 0) is 25.9 Å². The predicted molar refractivity (Wildman–Crippen MR) is 82.9 cm³/mol. The van der Waals surface area contributed by atoms with Gasteiger partial charge in [0.2, 0.25) is 5.95 Å². The molecule has 1 aliphatic heterocycles. The molecule has 0 amide bonds. The second-order valence-corrected chi connectivity index (χ2v) is 5.51. The normalized spacial score (nSPS) is 14.9. The number of aromatic nitrogens is 2. The summed E-state index contributed by atoms with van der Waals surface area (Å²) < 4.78 is 0. The first kappa shape index (κ1) is 13.8. The van der Waals surface area contributed by atoms with E-state index in [1.165, 1.54) is 11.1 Å². The van der Waals surface area contributed by atoms with Gasteiger partial charge in [0, 0.05) is 26.1 Å². The number of anilines is 1. The van der Waals surface area contributed by atoms with E-state index in [2.05, 4.69) is 46.1 Å². The third-order valence-electron chi connectivity index (χ3n) is 4.00. The van der Waals surface area contributed by atoms with Gasteiger partial charge in [-0.15, -0.1) is 0 Å². The van der Waals surface area contributed by atoms with Gasteiger partial charge in [-0.3, -0.25) is 14.7 Å². The summed E-state index contributed by atoms with van der Waals surface area (Å²) in [4.78, 5) is 21.1. The second-order valence-electron chi connectivity index (χ2n) is 5.51. The Balaban J connectivity index is 1.75. The molecule has 0 fully saturated rings. The summed E-state index contributed by atoms with van der Waals surface area (Å²) in [6, 6.07) is 8.67. The number of hydrogen-bond donors (Lipinski definition) is 2. The SMILES string of the molecule is CCc1ccc(CN2CCc3nc(N)[nH]c(=O)c3C2)cc1. The molecule has 0 bridgehead atoms. The predicted octanol–water partition coefficient (Wildman–Crippen LogP) is 1.47. The van der Waals surface area contributed by atoms with Crippen molar-refractivity contribution in [2.75, 3.05) is 12.3 Å². The zero-order chi connectivity index (χ0) is 14.8. The zero-order valence-corrected chi connectivity index (χ0v) is 12.2. The van der Waals surface area contributed by atoms with Gasteiger partial charge in [-0.1, -0.05) is 31.2 Å². The Labute approximate surface area is 123 Å². The van der Waals surface area contributed by atoms with Crippen molar-refractivity contribution in [3.8, 4) is 0 Å². The van der Waals surface area contributed by atoms with E-state index in [4.69, 9.17) is 5.73 Å². The highest BCUT2D eigenvalue weighted by Gasteiger charge is 2.20. The molecule has 1 aromatic heterocycles. The molecule has 110 valence electrons. The number of rotatable bonds is 3. The third-order valence-corrected chi connectivity index (χ3v) is 4.00. The highest BCUT2D eigenvalue weighted by atomic mass is 16.1. The van der Waals surface area contributed by atoms with E-state index in [1.807, 2.05) is 0 Å². The van der Waals surface area contributed by atoms with E-state index in [9.17, 15) is 4.79 Å². The fourth-order valence-corrected chi connectivity index (χ4v) is 2.77. The number of fused-ring (bicyclic) bond motifs is 1. The molecule has 2 heterocycles. The Bertz CT molecular complexity index is 690. The molecule has 3 N–H and O–H groups in total. The van der Waals surface area contributed by atoms with E-state index >= 15 is 0 Å². The molecule has 0 spiro atoms. The molecule has 1 aliphatic rings. The number of aryl methyl sites for hydroxylation is 1. The second kappa shape index (κ2) is 5.69. The standard InChI is InChI=1S/C16H20N4O/c1-2-11-3-5-12(6-4-11)9-20-8-7-14-13(10-20)15(21)19-16(17)18-14/h3-6H,2,7-10H2,1H3,(H3,17,18,19,21). The molecular weight excluding hydrogens is 264 g/mol. The van der Waals surface area contributed by atoms with Crippen LogP contribution in [0.1, 0.15) is 29.3 Å². The first-order valence-corrected chi connectivity index (χ1v) is 7.33. The van der Waals surface area contributed by atoms with Gasteiger partial charge in [-0.25, -0.2) is 4.98 Å². The molecule has 0 saturated carbocycles. The van der Waals surface area contributed by atoms with Crippen LogP contribution in [0.3, 0.4) is 0 Å². The van der Waals surface area contributed by atoms with Gasteiger partial charge in [0.05, 0.1) is 11.3 Å². The van der Waals surface area contributed by atoms with Crippen LogP contribution in [0.4, 0.5) is 5.95 Å². The Morgan fingerprint density at radius 3 is 2.71 bits per heavy atom. The summed E-state index contributed by atoms with van der Waals surface area (Å²) in [7, 11) is 0. The number of benzene rings is 1. The minimum atomic E-state index is -0.108. The maximum absolute atomic E-state index is 12.0. The van der Waals surface area contributed by atoms with Crippen LogP contribution in [0.25, 0.3) is 0 Å². The maximum atomic E-state index is 12.0. The van der Waals surface area contributed by atoms with Gasteiger partial charge in [0.25, 0.3) is 5.56 Å². The monoisotopic (exact) mass is 284 g/mol. The van der Waals surface area contributed by atoms with Crippen molar-refractivity contribution in [1.82, 2.24) is 14.9 Å². The van der Waals surface area contributed by atoms with Crippen molar-refractivity contribution >= 4 is 5.95 Å². The number of nitrogens with two attached hydrogens (primary N) is 1. The van der Waals surface area contributed by atoms with E-state index in [0.29, 0.717) is 6.54 Å². The first-order valence-electron chi connectivity index (χ1n) is 7.33. The van der Waals surface area contributed by atoms with Crippen molar-refractivity contribution < 1.29 is 0 Å². The summed E-state index contributed by atoms with van der Waals surface area (Å²) in [5.74, 6) is 0.211. The molecule has 2 aromatic rings. The van der Waals surface area contributed by atoms with Crippen LogP contribution in [0.15, 0.2) is 29.1 Å². The third kappa shape index (κ3) is 2.97. The lowest BCUT2D eigenvalue weighted by Gasteiger charge is -2.27. The smallest absolute Gasteiger partial charge is 0.257 e. The minimum Gasteiger partial charge on any atom is -0.369 e. The van der Waals surface area contributed by atoms with Crippen LogP contribution in [0, 0.1) is 0 Å². The zero-order valence-electron chi connectivity index (χ0n) is 12.2. The summed E-state index contributed by atoms with van der Waals surface area (Å²) in [5, 5.41) is 0. The lowest BCUT2D eigenvalue weighted by molar-refractivity contribution is 0.242. The average Bonchev–Trinajstić information content (AvgIpc) is 2.48. The summed E-state index contributed by atoms with van der Waals surface area (Å²) in [5.41, 5.74) is 9.69. The largest absolute Gasteiger partial charge is 0.369 e. The van der Waals surface area contributed by atoms with Gasteiger partial charge in [-0.05, 0) is 17.5 Å². The van der Waals surface area contributed by atoms with E-state index in [1.54, 1.807) is 0 Å². The molecule has 0 unspecified atom stereocenters. The molecule has 3 rings (SSSR count). The molecule has 0 atom stereocenters. The van der Waals surface area contributed by atoms with Gasteiger partial charge >= 0.3 is 0 Å². The van der Waals surface area contributed by atoms with Crippen LogP contribution in [0.5, 0.6) is 0 Å². The van der Waals surface area contributed by atoms with Crippen molar-refractivity contribution in [1.29, 1.82) is 0 Å². The first-order chi connectivity index (χ1) is 10.2. The van der Waals surface area contributed by atoms with Gasteiger partial charge in [-0.2, -0.15) is 0 Å². The summed E-state index contributed by atoms with van der Waals surface area (Å²) in [6.07, 6.45) is 1.83. The molecule has 5 heteroatoms. The maximum Gasteiger partial charge on any atom is 0.257 e. The summed E-state index contributed by atoms with van der Waals surface area (Å²) >= 11 is 0. The van der Waals surface area contributed by atoms with Crippen LogP contribution < -0.4 is 11.3 Å². The fraction of sp³-hybridized carbons (Fsp3) is 0.375. The average molecular weight is 284 g/mol. The minimum absolute atomic E-state index is 0.108. The number of nitrogen functional groups attached to an aromatic ring is 1.